The van der Waals surface area contributed by atoms with Gasteiger partial charge in [-0.3, -0.25) is 9.48 Å². The lowest BCUT2D eigenvalue weighted by atomic mass is 9.99. The number of benzene rings is 1. The second kappa shape index (κ2) is 6.45. The van der Waals surface area contributed by atoms with Crippen LogP contribution in [0.25, 0.3) is 11.3 Å². The van der Waals surface area contributed by atoms with Crippen molar-refractivity contribution in [3.8, 4) is 11.3 Å². The van der Waals surface area contributed by atoms with Gasteiger partial charge in [-0.1, -0.05) is 5.21 Å². The van der Waals surface area contributed by atoms with Crippen LogP contribution < -0.4 is 0 Å². The third-order valence-corrected chi connectivity index (χ3v) is 4.00. The topological polar surface area (TPSA) is 77.2 Å². The summed E-state index contributed by atoms with van der Waals surface area (Å²) in [5, 5.41) is 17.8. The van der Waals surface area contributed by atoms with Gasteiger partial charge in [-0.15, -0.1) is 5.10 Å². The Bertz CT molecular complexity index is 699. The van der Waals surface area contributed by atoms with Crippen LogP contribution in [0, 0.1) is 5.82 Å². The number of rotatable bonds is 4. The normalized spacial score (nSPS) is 21.3. The summed E-state index contributed by atoms with van der Waals surface area (Å²) in [6, 6.07) is 6.08. The SMILES string of the molecule is Cn1nnc(-c2ccc(F)cc2)c1CCC1CC(O)CC(=O)O1. The molecule has 1 aromatic carbocycles. The van der Waals surface area contributed by atoms with E-state index in [-0.39, 0.29) is 24.3 Å². The molecule has 1 saturated heterocycles. The van der Waals surface area contributed by atoms with E-state index >= 15 is 0 Å². The summed E-state index contributed by atoms with van der Waals surface area (Å²) in [5.74, 6) is -0.669. The number of halogens is 1. The molecule has 3 rings (SSSR count). The Kier molecular flexibility index (Phi) is 4.38. The van der Waals surface area contributed by atoms with Gasteiger partial charge < -0.3 is 9.84 Å². The molecule has 1 aromatic heterocycles. The monoisotopic (exact) mass is 319 g/mol. The fourth-order valence-electron chi connectivity index (χ4n) is 2.82. The molecule has 0 saturated carbocycles. The Balaban J connectivity index is 1.74. The Hall–Kier alpha value is -2.28. The van der Waals surface area contributed by atoms with Crippen LogP contribution >= 0.6 is 0 Å². The number of hydrogen-bond donors (Lipinski definition) is 1. The van der Waals surface area contributed by atoms with Crippen molar-refractivity contribution in [2.75, 3.05) is 0 Å². The van der Waals surface area contributed by atoms with Gasteiger partial charge in [-0.2, -0.15) is 0 Å². The highest BCUT2D eigenvalue weighted by Crippen LogP contribution is 2.25. The van der Waals surface area contributed by atoms with Crippen LogP contribution in [0.2, 0.25) is 0 Å². The molecule has 7 heteroatoms. The average molecular weight is 319 g/mol. The van der Waals surface area contributed by atoms with Crippen molar-refractivity contribution >= 4 is 5.97 Å². The lowest BCUT2D eigenvalue weighted by Crippen LogP contribution is -2.32. The molecule has 2 unspecified atom stereocenters. The van der Waals surface area contributed by atoms with Gasteiger partial charge in [0.2, 0.25) is 0 Å². The Labute approximate surface area is 132 Å². The molecule has 0 amide bonds. The number of nitrogens with zero attached hydrogens (tertiary/aromatic N) is 3. The first-order chi connectivity index (χ1) is 11.0. The second-order valence-electron chi connectivity index (χ2n) is 5.76. The predicted octanol–water partition coefficient (Wildman–Crippen LogP) is 1.62. The summed E-state index contributed by atoms with van der Waals surface area (Å²) in [7, 11) is 1.79. The lowest BCUT2D eigenvalue weighted by Gasteiger charge is -2.25. The first-order valence-corrected chi connectivity index (χ1v) is 7.55. The summed E-state index contributed by atoms with van der Waals surface area (Å²) in [6.45, 7) is 0. The molecule has 0 spiro atoms. The standard InChI is InChI=1S/C16H18FN3O3/c1-20-14(7-6-13-8-12(21)9-15(22)23-13)16(18-19-20)10-2-4-11(17)5-3-10/h2-5,12-13,21H,6-9H2,1H3. The molecule has 122 valence electrons. The summed E-state index contributed by atoms with van der Waals surface area (Å²) < 4.78 is 20.0. The zero-order valence-corrected chi connectivity index (χ0v) is 12.8. The van der Waals surface area contributed by atoms with Crippen LogP contribution in [-0.4, -0.2) is 38.3 Å². The van der Waals surface area contributed by atoms with Crippen LogP contribution in [-0.2, 0) is 23.0 Å². The fourth-order valence-corrected chi connectivity index (χ4v) is 2.82. The number of cyclic esters (lactones) is 1. The van der Waals surface area contributed by atoms with Crippen molar-refractivity contribution in [1.29, 1.82) is 0 Å². The van der Waals surface area contributed by atoms with E-state index < -0.39 is 6.10 Å². The number of aryl methyl sites for hydroxylation is 1. The van der Waals surface area contributed by atoms with Crippen LogP contribution in [0.3, 0.4) is 0 Å². The highest BCUT2D eigenvalue weighted by molar-refractivity contribution is 5.71. The number of aliphatic hydroxyl groups excluding tert-OH is 1. The highest BCUT2D eigenvalue weighted by Gasteiger charge is 2.27. The Morgan fingerprint density at radius 1 is 1.39 bits per heavy atom. The molecule has 0 aliphatic carbocycles. The summed E-state index contributed by atoms with van der Waals surface area (Å²) in [6.07, 6.45) is 0.747. The second-order valence-corrected chi connectivity index (χ2v) is 5.76. The number of carbonyl (C=O) groups excluding carboxylic acids is 1. The van der Waals surface area contributed by atoms with Crippen LogP contribution in [0.1, 0.15) is 25.0 Å². The Morgan fingerprint density at radius 3 is 2.83 bits per heavy atom. The fraction of sp³-hybridized carbons (Fsp3) is 0.438. The van der Waals surface area contributed by atoms with Crippen molar-refractivity contribution < 1.29 is 19.0 Å². The van der Waals surface area contributed by atoms with E-state index in [2.05, 4.69) is 10.3 Å². The van der Waals surface area contributed by atoms with Gasteiger partial charge >= 0.3 is 5.97 Å². The molecule has 1 aliphatic heterocycles. The number of carbonyl (C=O) groups is 1. The number of aliphatic hydroxyl groups is 1. The van der Waals surface area contributed by atoms with E-state index in [1.165, 1.54) is 12.1 Å². The minimum Gasteiger partial charge on any atom is -0.462 e. The van der Waals surface area contributed by atoms with E-state index in [0.717, 1.165) is 11.3 Å². The summed E-state index contributed by atoms with van der Waals surface area (Å²) >= 11 is 0. The third kappa shape index (κ3) is 3.56. The summed E-state index contributed by atoms with van der Waals surface area (Å²) in [5.41, 5.74) is 2.36. The first kappa shape index (κ1) is 15.6. The van der Waals surface area contributed by atoms with Gasteiger partial charge in [-0.05, 0) is 37.1 Å². The number of aromatic nitrogens is 3. The van der Waals surface area contributed by atoms with E-state index in [1.54, 1.807) is 23.9 Å². The van der Waals surface area contributed by atoms with Crippen LogP contribution in [0.15, 0.2) is 24.3 Å². The van der Waals surface area contributed by atoms with Crippen LogP contribution in [0.4, 0.5) is 4.39 Å². The molecule has 0 bridgehead atoms. The van der Waals surface area contributed by atoms with Gasteiger partial charge in [0.25, 0.3) is 0 Å². The summed E-state index contributed by atoms with van der Waals surface area (Å²) in [4.78, 5) is 11.4. The van der Waals surface area contributed by atoms with E-state index in [9.17, 15) is 14.3 Å². The van der Waals surface area contributed by atoms with E-state index in [4.69, 9.17) is 4.74 Å². The largest absolute Gasteiger partial charge is 0.462 e. The molecule has 23 heavy (non-hydrogen) atoms. The molecule has 1 aliphatic rings. The molecule has 2 atom stereocenters. The number of hydrogen-bond acceptors (Lipinski definition) is 5. The smallest absolute Gasteiger partial charge is 0.308 e. The van der Waals surface area contributed by atoms with Crippen molar-refractivity contribution in [2.45, 2.75) is 37.9 Å². The maximum Gasteiger partial charge on any atom is 0.308 e. The molecule has 6 nitrogen and oxygen atoms in total. The number of esters is 1. The minimum atomic E-state index is -0.637. The molecular weight excluding hydrogens is 301 g/mol. The third-order valence-electron chi connectivity index (χ3n) is 4.00. The number of ether oxygens (including phenoxy) is 1. The molecular formula is C16H18FN3O3. The molecule has 2 aromatic rings. The zero-order valence-electron chi connectivity index (χ0n) is 12.8. The lowest BCUT2D eigenvalue weighted by molar-refractivity contribution is -0.160. The van der Waals surface area contributed by atoms with E-state index in [0.29, 0.717) is 25.0 Å². The van der Waals surface area contributed by atoms with Gasteiger partial charge in [0.1, 0.15) is 17.6 Å². The average Bonchev–Trinajstić information content (AvgIpc) is 2.86. The molecule has 0 radical (unpaired) electrons. The maximum absolute atomic E-state index is 13.1. The van der Waals surface area contributed by atoms with E-state index in [1.807, 2.05) is 0 Å². The maximum atomic E-state index is 13.1. The molecule has 1 fully saturated rings. The minimum absolute atomic E-state index is 0.0601. The van der Waals surface area contributed by atoms with Crippen molar-refractivity contribution in [3.63, 3.8) is 0 Å². The predicted molar refractivity (Wildman–Crippen MR) is 79.8 cm³/mol. The van der Waals surface area contributed by atoms with Gasteiger partial charge in [0.05, 0.1) is 18.2 Å². The molecule has 2 heterocycles. The van der Waals surface area contributed by atoms with Crippen molar-refractivity contribution in [3.05, 3.63) is 35.8 Å². The van der Waals surface area contributed by atoms with Crippen molar-refractivity contribution in [2.24, 2.45) is 7.05 Å². The first-order valence-electron chi connectivity index (χ1n) is 7.55. The molecule has 1 N–H and O–H groups in total. The van der Waals surface area contributed by atoms with Gasteiger partial charge in [0.15, 0.2) is 0 Å². The van der Waals surface area contributed by atoms with Crippen LogP contribution in [0.5, 0.6) is 0 Å². The van der Waals surface area contributed by atoms with Gasteiger partial charge in [-0.25, -0.2) is 4.39 Å². The van der Waals surface area contributed by atoms with Crippen molar-refractivity contribution in [1.82, 2.24) is 15.0 Å². The Morgan fingerprint density at radius 2 is 2.13 bits per heavy atom. The van der Waals surface area contributed by atoms with Gasteiger partial charge in [0, 0.05) is 19.0 Å². The zero-order chi connectivity index (χ0) is 16.4. The quantitative estimate of drug-likeness (QED) is 0.867. The highest BCUT2D eigenvalue weighted by atomic mass is 19.1.